The summed E-state index contributed by atoms with van der Waals surface area (Å²) in [5, 5.41) is 53.5. The second-order valence-electron chi connectivity index (χ2n) is 10.8. The first kappa shape index (κ1) is 43.5. The molecule has 1 aromatic carbocycles. The van der Waals surface area contributed by atoms with E-state index >= 15 is 0 Å². The van der Waals surface area contributed by atoms with Gasteiger partial charge in [0.05, 0.1) is 39.1 Å². The topological polar surface area (TPSA) is 386 Å². The number of carbonyl (C=O) groups excluding carboxylic acids is 7. The molecule has 3 atom stereocenters. The van der Waals surface area contributed by atoms with E-state index in [0.717, 1.165) is 0 Å². The molecule has 0 unspecified atom stereocenters. The van der Waals surface area contributed by atoms with Crippen molar-refractivity contribution in [3.05, 3.63) is 29.8 Å². The van der Waals surface area contributed by atoms with E-state index in [4.69, 9.17) is 16.9 Å². The molecule has 0 heterocycles. The molecule has 7 amide bonds. The molecule has 1 aromatic rings. The molecule has 0 saturated heterocycles. The number of carbonyl (C=O) groups is 9. The average Bonchev–Trinajstić information content (AvgIpc) is 3.08. The minimum atomic E-state index is -1.75. The van der Waals surface area contributed by atoms with Crippen LogP contribution in [0.25, 0.3) is 0 Å². The van der Waals surface area contributed by atoms with Crippen LogP contribution in [0, 0.1) is 5.41 Å². The van der Waals surface area contributed by atoms with Gasteiger partial charge >= 0.3 is 11.9 Å². The molecule has 0 bridgehead atoms. The number of benzene rings is 1. The molecule has 0 spiro atoms. The maximum atomic E-state index is 13.0. The van der Waals surface area contributed by atoms with E-state index < -0.39 is 104 Å². The second kappa shape index (κ2) is 23.0. The molecule has 23 heteroatoms. The van der Waals surface area contributed by atoms with Crippen molar-refractivity contribution in [3.8, 4) is 5.75 Å². The Bertz CT molecular complexity index is 1470. The Kier molecular flexibility index (Phi) is 19.2. The summed E-state index contributed by atoms with van der Waals surface area (Å²) in [4.78, 5) is 109. The van der Waals surface area contributed by atoms with Crippen molar-refractivity contribution in [1.29, 1.82) is 5.41 Å². The summed E-state index contributed by atoms with van der Waals surface area (Å²) >= 11 is 0. The van der Waals surface area contributed by atoms with Gasteiger partial charge in [-0.05, 0) is 30.5 Å². The Hall–Kier alpha value is -6.52. The van der Waals surface area contributed by atoms with Crippen molar-refractivity contribution in [2.24, 2.45) is 11.5 Å². The van der Waals surface area contributed by atoms with Crippen LogP contribution in [0.2, 0.25) is 0 Å². The standard InChI is InChI=1S/C29H43N11O12/c30-10-20(42)34-11-21(43)35-12-22(44)36-13-23(45)38-17(2-1-7-33-29(31)32)26(49)37-14-24(46)39-18(9-25(47)48)27(50)40-19(28(51)52)8-15-3-5-16(41)6-4-15/h3-6,17-19,41H,1-2,7-14,30H2,(H,34,42)(H,35,43)(H,36,44)(H,37,49)(H,38,45)(H,39,46)(H,40,50)(H,47,48)(H,51,52)(H4,31,32,33)/t17-,18-,19-/m0/s1. The Morgan fingerprint density at radius 3 is 1.69 bits per heavy atom. The number of rotatable bonds is 23. The number of hydrogen-bond donors (Lipinski definition) is 14. The number of nitrogens with two attached hydrogens (primary N) is 2. The molecular formula is C29H43N11O12. The van der Waals surface area contributed by atoms with Gasteiger partial charge in [0.15, 0.2) is 5.96 Å². The van der Waals surface area contributed by atoms with Crippen LogP contribution >= 0.6 is 0 Å². The monoisotopic (exact) mass is 737 g/mol. The Morgan fingerprint density at radius 1 is 0.654 bits per heavy atom. The minimum absolute atomic E-state index is 0.0559. The van der Waals surface area contributed by atoms with Gasteiger partial charge < -0.3 is 69.3 Å². The van der Waals surface area contributed by atoms with Gasteiger partial charge in [0.1, 0.15) is 23.9 Å². The third kappa shape index (κ3) is 18.9. The Morgan fingerprint density at radius 2 is 1.17 bits per heavy atom. The zero-order valence-corrected chi connectivity index (χ0v) is 27.8. The van der Waals surface area contributed by atoms with Crippen LogP contribution in [-0.4, -0.2) is 132 Å². The van der Waals surface area contributed by atoms with Crippen molar-refractivity contribution in [2.45, 2.75) is 43.8 Å². The predicted molar refractivity (Wildman–Crippen MR) is 178 cm³/mol. The largest absolute Gasteiger partial charge is 0.508 e. The summed E-state index contributed by atoms with van der Waals surface area (Å²) < 4.78 is 0. The number of amides is 7. The van der Waals surface area contributed by atoms with Gasteiger partial charge in [0.2, 0.25) is 41.4 Å². The molecule has 0 aliphatic heterocycles. The number of phenolic OH excluding ortho intramolecular Hbond substituents is 1. The number of aliphatic carboxylic acids is 2. The van der Waals surface area contributed by atoms with Crippen molar-refractivity contribution >= 4 is 59.2 Å². The van der Waals surface area contributed by atoms with E-state index in [1.54, 1.807) is 0 Å². The lowest BCUT2D eigenvalue weighted by molar-refractivity contribution is -0.143. The maximum absolute atomic E-state index is 13.0. The average molecular weight is 738 g/mol. The summed E-state index contributed by atoms with van der Waals surface area (Å²) in [6.07, 6.45) is -1.06. The molecule has 0 aliphatic rings. The normalized spacial score (nSPS) is 12.0. The van der Waals surface area contributed by atoms with Crippen LogP contribution in [0.4, 0.5) is 0 Å². The highest BCUT2D eigenvalue weighted by molar-refractivity contribution is 5.95. The first-order valence-corrected chi connectivity index (χ1v) is 15.5. The summed E-state index contributed by atoms with van der Waals surface area (Å²) in [5.41, 5.74) is 10.8. The lowest BCUT2D eigenvalue weighted by Gasteiger charge is -2.21. The number of hydrogen-bond acceptors (Lipinski definition) is 12. The molecule has 23 nitrogen and oxygen atoms in total. The number of aromatic hydroxyl groups is 1. The van der Waals surface area contributed by atoms with Crippen molar-refractivity contribution in [2.75, 3.05) is 39.3 Å². The quantitative estimate of drug-likeness (QED) is 0.0282. The fraction of sp³-hybridized carbons (Fsp3) is 0.448. The fourth-order valence-corrected chi connectivity index (χ4v) is 4.04. The van der Waals surface area contributed by atoms with E-state index in [1.165, 1.54) is 24.3 Å². The van der Waals surface area contributed by atoms with Crippen molar-refractivity contribution in [1.82, 2.24) is 42.5 Å². The van der Waals surface area contributed by atoms with Crippen LogP contribution in [-0.2, 0) is 49.6 Å². The number of phenols is 1. The number of carboxylic acid groups (broad SMARTS) is 2. The van der Waals surface area contributed by atoms with Gasteiger partial charge in [-0.3, -0.25) is 43.8 Å². The molecule has 52 heavy (non-hydrogen) atoms. The van der Waals surface area contributed by atoms with Crippen LogP contribution in [0.5, 0.6) is 5.75 Å². The van der Waals surface area contributed by atoms with Gasteiger partial charge in [-0.15, -0.1) is 0 Å². The highest BCUT2D eigenvalue weighted by Crippen LogP contribution is 2.12. The lowest BCUT2D eigenvalue weighted by atomic mass is 10.0. The molecule has 0 radical (unpaired) electrons. The van der Waals surface area contributed by atoms with E-state index in [0.29, 0.717) is 5.56 Å². The first-order valence-electron chi connectivity index (χ1n) is 15.5. The van der Waals surface area contributed by atoms with Gasteiger partial charge in [-0.25, -0.2) is 4.79 Å². The molecular weight excluding hydrogens is 694 g/mol. The fourth-order valence-electron chi connectivity index (χ4n) is 4.04. The zero-order chi connectivity index (χ0) is 39.2. The van der Waals surface area contributed by atoms with Gasteiger partial charge in [0.25, 0.3) is 0 Å². The number of guanidine groups is 1. The molecule has 0 aromatic heterocycles. The predicted octanol–water partition coefficient (Wildman–Crippen LogP) is -6.36. The van der Waals surface area contributed by atoms with E-state index in [1.807, 2.05) is 0 Å². The summed E-state index contributed by atoms with van der Waals surface area (Å²) in [5.74, 6) is -9.41. The molecule has 0 aliphatic carbocycles. The molecule has 1 rings (SSSR count). The summed E-state index contributed by atoms with van der Waals surface area (Å²) in [6, 6.07) is 0.848. The molecule has 286 valence electrons. The van der Waals surface area contributed by atoms with E-state index in [-0.39, 0.29) is 44.1 Å². The summed E-state index contributed by atoms with van der Waals surface area (Å²) in [6.45, 7) is -2.64. The van der Waals surface area contributed by atoms with Crippen LogP contribution < -0.4 is 54.0 Å². The Labute approximate surface area is 295 Å². The van der Waals surface area contributed by atoms with Gasteiger partial charge in [0, 0.05) is 13.0 Å². The minimum Gasteiger partial charge on any atom is -0.508 e. The molecule has 0 fully saturated rings. The van der Waals surface area contributed by atoms with Crippen LogP contribution in [0.15, 0.2) is 24.3 Å². The molecule has 16 N–H and O–H groups in total. The zero-order valence-electron chi connectivity index (χ0n) is 27.8. The third-order valence-electron chi connectivity index (χ3n) is 6.60. The lowest BCUT2D eigenvalue weighted by Crippen LogP contribution is -2.55. The second-order valence-corrected chi connectivity index (χ2v) is 10.8. The van der Waals surface area contributed by atoms with Crippen LogP contribution in [0.1, 0.15) is 24.8 Å². The molecule has 0 saturated carbocycles. The van der Waals surface area contributed by atoms with Crippen molar-refractivity contribution in [3.63, 3.8) is 0 Å². The van der Waals surface area contributed by atoms with E-state index in [2.05, 4.69) is 42.5 Å². The van der Waals surface area contributed by atoms with Crippen LogP contribution in [0.3, 0.4) is 0 Å². The highest BCUT2D eigenvalue weighted by Gasteiger charge is 2.29. The number of nitrogens with one attached hydrogen (secondary N) is 9. The summed E-state index contributed by atoms with van der Waals surface area (Å²) in [7, 11) is 0. The smallest absolute Gasteiger partial charge is 0.326 e. The maximum Gasteiger partial charge on any atom is 0.326 e. The van der Waals surface area contributed by atoms with Gasteiger partial charge in [-0.2, -0.15) is 0 Å². The van der Waals surface area contributed by atoms with Crippen molar-refractivity contribution < 1.29 is 58.5 Å². The number of carboxylic acids is 2. The SMILES string of the molecule is N=C(N)NCCC[C@H](NC(=O)CNC(=O)CNC(=O)CNC(=O)CN)C(=O)NCC(=O)N[C@@H](CC(=O)O)C(=O)N[C@@H](Cc1ccc(O)cc1)C(=O)O. The Balaban J connectivity index is 2.80. The third-order valence-corrected chi connectivity index (χ3v) is 6.60. The highest BCUT2D eigenvalue weighted by atomic mass is 16.4. The van der Waals surface area contributed by atoms with E-state index in [9.17, 15) is 58.5 Å². The first-order chi connectivity index (χ1) is 24.5. The van der Waals surface area contributed by atoms with Gasteiger partial charge in [-0.1, -0.05) is 12.1 Å².